The normalized spacial score (nSPS) is 10.7. The number of nitriles is 1. The quantitative estimate of drug-likeness (QED) is 0.511. The van der Waals surface area contributed by atoms with Gasteiger partial charge in [-0.15, -0.1) is 0 Å². The molecule has 2 aromatic heterocycles. The number of carboxylic acid groups (broad SMARTS) is 1. The van der Waals surface area contributed by atoms with Gasteiger partial charge in [-0.25, -0.2) is 4.79 Å². The van der Waals surface area contributed by atoms with Crippen LogP contribution in [0.25, 0.3) is 16.4 Å². The van der Waals surface area contributed by atoms with Gasteiger partial charge in [-0.05, 0) is 11.6 Å². The Kier molecular flexibility index (Phi) is 5.04. The van der Waals surface area contributed by atoms with E-state index in [1.165, 1.54) is 0 Å². The molecule has 0 radical (unpaired) electrons. The molecule has 4 rings (SSSR count). The van der Waals surface area contributed by atoms with Crippen LogP contribution in [0.3, 0.4) is 0 Å². The summed E-state index contributed by atoms with van der Waals surface area (Å²) in [7, 11) is 0. The molecule has 0 bridgehead atoms. The average Bonchev–Trinajstić information content (AvgIpc) is 3.08. The summed E-state index contributed by atoms with van der Waals surface area (Å²) in [5.74, 6) is -0.182. The lowest BCUT2D eigenvalue weighted by Gasteiger charge is -2.12. The van der Waals surface area contributed by atoms with E-state index in [0.717, 1.165) is 11.1 Å². The van der Waals surface area contributed by atoms with Gasteiger partial charge in [0.2, 0.25) is 0 Å². The number of benzene rings is 2. The van der Waals surface area contributed by atoms with Crippen LogP contribution in [0.5, 0.6) is 11.5 Å². The predicted octanol–water partition coefficient (Wildman–Crippen LogP) is 4.31. The van der Waals surface area contributed by atoms with Crippen molar-refractivity contribution < 1.29 is 19.4 Å². The lowest BCUT2D eigenvalue weighted by Crippen LogP contribution is -2.05. The van der Waals surface area contributed by atoms with Crippen molar-refractivity contribution in [2.75, 3.05) is 13.2 Å². The SMILES string of the molecule is N#CCOc1cc(OCCc2ccccc2)c2c(C(=O)O)c3ccccc3n2c1. The van der Waals surface area contributed by atoms with Gasteiger partial charge in [0.15, 0.2) is 6.61 Å². The third kappa shape index (κ3) is 3.58. The number of para-hydroxylation sites is 1. The molecule has 0 aliphatic heterocycles. The Morgan fingerprint density at radius 1 is 1.07 bits per heavy atom. The molecule has 0 amide bonds. The van der Waals surface area contributed by atoms with E-state index in [1.807, 2.05) is 48.5 Å². The zero-order valence-corrected chi connectivity index (χ0v) is 15.5. The van der Waals surface area contributed by atoms with Gasteiger partial charge in [0, 0.05) is 17.9 Å². The summed E-state index contributed by atoms with van der Waals surface area (Å²) in [4.78, 5) is 12.1. The van der Waals surface area contributed by atoms with Crippen LogP contribution in [-0.2, 0) is 6.42 Å². The van der Waals surface area contributed by atoms with Crippen molar-refractivity contribution in [2.45, 2.75) is 6.42 Å². The van der Waals surface area contributed by atoms with Gasteiger partial charge < -0.3 is 19.0 Å². The lowest BCUT2D eigenvalue weighted by molar-refractivity contribution is 0.0700. The Morgan fingerprint density at radius 2 is 1.83 bits per heavy atom. The molecule has 2 heterocycles. The molecule has 1 N–H and O–H groups in total. The molecular formula is C23H18N2O4. The number of rotatable bonds is 7. The maximum absolute atomic E-state index is 12.1. The Balaban J connectivity index is 1.81. The number of pyridine rings is 1. The second kappa shape index (κ2) is 7.95. The molecule has 4 aromatic rings. The molecule has 144 valence electrons. The van der Waals surface area contributed by atoms with Crippen molar-refractivity contribution >= 4 is 22.4 Å². The van der Waals surface area contributed by atoms with Gasteiger partial charge in [0.05, 0.1) is 23.9 Å². The first-order chi connectivity index (χ1) is 14.2. The first-order valence-corrected chi connectivity index (χ1v) is 9.15. The minimum Gasteiger partial charge on any atom is -0.491 e. The summed E-state index contributed by atoms with van der Waals surface area (Å²) >= 11 is 0. The maximum atomic E-state index is 12.1. The Labute approximate surface area is 167 Å². The van der Waals surface area contributed by atoms with E-state index in [4.69, 9.17) is 14.7 Å². The van der Waals surface area contributed by atoms with Crippen LogP contribution < -0.4 is 9.47 Å². The Hall–Kier alpha value is -3.98. The van der Waals surface area contributed by atoms with Crippen LogP contribution in [-0.4, -0.2) is 28.7 Å². The molecule has 29 heavy (non-hydrogen) atoms. The van der Waals surface area contributed by atoms with Crippen molar-refractivity contribution in [2.24, 2.45) is 0 Å². The molecule has 0 fully saturated rings. The minimum atomic E-state index is -1.03. The van der Waals surface area contributed by atoms with Crippen LogP contribution in [0, 0.1) is 11.3 Å². The molecule has 0 aliphatic rings. The van der Waals surface area contributed by atoms with Crippen LogP contribution in [0.1, 0.15) is 15.9 Å². The fraction of sp³-hybridized carbons (Fsp3) is 0.130. The molecule has 0 saturated heterocycles. The van der Waals surface area contributed by atoms with E-state index in [0.29, 0.717) is 35.4 Å². The Morgan fingerprint density at radius 3 is 2.59 bits per heavy atom. The van der Waals surface area contributed by atoms with E-state index in [1.54, 1.807) is 28.8 Å². The van der Waals surface area contributed by atoms with Gasteiger partial charge >= 0.3 is 5.97 Å². The number of nitrogens with zero attached hydrogens (tertiary/aromatic N) is 2. The average molecular weight is 386 g/mol. The summed E-state index contributed by atoms with van der Waals surface area (Å²) in [5.41, 5.74) is 2.51. The monoisotopic (exact) mass is 386 g/mol. The number of ether oxygens (including phenoxy) is 2. The third-order valence-corrected chi connectivity index (χ3v) is 4.68. The fourth-order valence-electron chi connectivity index (χ4n) is 3.45. The zero-order valence-electron chi connectivity index (χ0n) is 15.5. The summed E-state index contributed by atoms with van der Waals surface area (Å²) in [5, 5.41) is 19.3. The summed E-state index contributed by atoms with van der Waals surface area (Å²) in [6, 6.07) is 20.8. The number of fused-ring (bicyclic) bond motifs is 3. The largest absolute Gasteiger partial charge is 0.491 e. The van der Waals surface area contributed by atoms with E-state index in [9.17, 15) is 9.90 Å². The van der Waals surface area contributed by atoms with E-state index in [-0.39, 0.29) is 12.2 Å². The predicted molar refractivity (Wildman–Crippen MR) is 109 cm³/mol. The summed E-state index contributed by atoms with van der Waals surface area (Å²) in [6.07, 6.45) is 2.37. The molecule has 0 aliphatic carbocycles. The number of hydrogen-bond donors (Lipinski definition) is 1. The van der Waals surface area contributed by atoms with E-state index >= 15 is 0 Å². The lowest BCUT2D eigenvalue weighted by atomic mass is 10.1. The van der Waals surface area contributed by atoms with Crippen molar-refractivity contribution in [1.29, 1.82) is 5.26 Å². The number of carboxylic acids is 1. The standard InChI is InChI=1S/C23H18N2O4/c24-11-13-28-17-14-20(29-12-10-16-6-2-1-3-7-16)22-21(23(26)27)18-8-4-5-9-19(18)25(22)15-17/h1-9,14-15H,10,12-13H2,(H,26,27). The molecule has 6 heteroatoms. The van der Waals surface area contributed by atoms with E-state index < -0.39 is 5.97 Å². The molecule has 0 spiro atoms. The fourth-order valence-corrected chi connectivity index (χ4v) is 3.45. The number of aromatic nitrogens is 1. The van der Waals surface area contributed by atoms with Crippen LogP contribution >= 0.6 is 0 Å². The van der Waals surface area contributed by atoms with Crippen molar-refractivity contribution in [1.82, 2.24) is 4.40 Å². The molecule has 2 aromatic carbocycles. The van der Waals surface area contributed by atoms with Crippen molar-refractivity contribution in [3.8, 4) is 17.6 Å². The second-order valence-corrected chi connectivity index (χ2v) is 6.49. The van der Waals surface area contributed by atoms with Crippen molar-refractivity contribution in [3.05, 3.63) is 78.0 Å². The first-order valence-electron chi connectivity index (χ1n) is 9.15. The first kappa shape index (κ1) is 18.4. The second-order valence-electron chi connectivity index (χ2n) is 6.49. The number of carbonyl (C=O) groups is 1. The topological polar surface area (TPSA) is 84.0 Å². The van der Waals surface area contributed by atoms with Crippen molar-refractivity contribution in [3.63, 3.8) is 0 Å². The molecule has 6 nitrogen and oxygen atoms in total. The smallest absolute Gasteiger partial charge is 0.338 e. The van der Waals surface area contributed by atoms with Crippen LogP contribution in [0.15, 0.2) is 66.9 Å². The highest BCUT2D eigenvalue weighted by Gasteiger charge is 2.22. The molecular weight excluding hydrogens is 368 g/mol. The third-order valence-electron chi connectivity index (χ3n) is 4.68. The van der Waals surface area contributed by atoms with Gasteiger partial charge in [-0.2, -0.15) is 5.26 Å². The van der Waals surface area contributed by atoms with Crippen LogP contribution in [0.2, 0.25) is 0 Å². The minimum absolute atomic E-state index is 0.111. The Bertz CT molecular complexity index is 1220. The molecule has 0 saturated carbocycles. The van der Waals surface area contributed by atoms with Crippen LogP contribution in [0.4, 0.5) is 0 Å². The highest BCUT2D eigenvalue weighted by atomic mass is 16.5. The molecule has 0 atom stereocenters. The van der Waals surface area contributed by atoms with Gasteiger partial charge in [-0.1, -0.05) is 48.5 Å². The molecule has 0 unspecified atom stereocenters. The highest BCUT2D eigenvalue weighted by Crippen LogP contribution is 2.35. The van der Waals surface area contributed by atoms with Gasteiger partial charge in [0.1, 0.15) is 23.1 Å². The van der Waals surface area contributed by atoms with E-state index in [2.05, 4.69) is 0 Å². The number of hydrogen-bond acceptors (Lipinski definition) is 4. The van der Waals surface area contributed by atoms with Gasteiger partial charge in [-0.3, -0.25) is 0 Å². The highest BCUT2D eigenvalue weighted by molar-refractivity contribution is 6.12. The zero-order chi connectivity index (χ0) is 20.2. The summed E-state index contributed by atoms with van der Waals surface area (Å²) in [6.45, 7) is 0.266. The van der Waals surface area contributed by atoms with Gasteiger partial charge in [0.25, 0.3) is 0 Å². The number of aromatic carboxylic acids is 1. The summed E-state index contributed by atoms with van der Waals surface area (Å²) < 4.78 is 13.2. The maximum Gasteiger partial charge on any atom is 0.338 e.